The highest BCUT2D eigenvalue weighted by Crippen LogP contribution is 2.43. The van der Waals surface area contributed by atoms with Gasteiger partial charge in [-0.25, -0.2) is 0 Å². The normalized spacial score (nSPS) is 27.7. The van der Waals surface area contributed by atoms with Crippen LogP contribution in [0.15, 0.2) is 36.4 Å². The molecule has 13 heteroatoms. The van der Waals surface area contributed by atoms with Gasteiger partial charge in [-0.1, -0.05) is 49.4 Å². The third kappa shape index (κ3) is 6.55. The first-order valence-electron chi connectivity index (χ1n) is 11.4. The van der Waals surface area contributed by atoms with Crippen molar-refractivity contribution in [3.63, 3.8) is 0 Å². The molecule has 0 aromatic heterocycles. The Labute approximate surface area is 213 Å². The molecule has 3 rings (SSSR count). The van der Waals surface area contributed by atoms with Gasteiger partial charge in [0, 0.05) is 32.2 Å². The number of halogens is 3. The quantitative estimate of drug-likeness (QED) is 0.231. The first-order valence-corrected chi connectivity index (χ1v) is 13.8. The number of hydrogen-bond donors (Lipinski definition) is 0. The van der Waals surface area contributed by atoms with E-state index in [9.17, 15) is 26.4 Å². The smallest absolute Gasteiger partial charge is 0.497 e. The molecule has 2 fully saturated rings. The molecular formula is C23H30F3NO7S2. The lowest BCUT2D eigenvalue weighted by Crippen LogP contribution is -2.60. The number of rotatable bonds is 10. The van der Waals surface area contributed by atoms with Crippen molar-refractivity contribution in [1.82, 2.24) is 4.90 Å². The standard InChI is InChI=1S/C23H30F3NO7S2/c1-4-5-6-7-18-12-19(34-36(29,30)23(24,25)26)13-22(32-3,33-18)20-15-35-21(28)27(20)14-16-8-10-17(31-2)11-9-16/h6-11,18-20H,4-5,12-15H2,1-3H3/t18-,19-,20-,22+/m0/s1. The van der Waals surface area contributed by atoms with Gasteiger partial charge in [-0.3, -0.25) is 8.98 Å². The van der Waals surface area contributed by atoms with E-state index < -0.39 is 39.7 Å². The second-order valence-electron chi connectivity index (χ2n) is 8.52. The van der Waals surface area contributed by atoms with Crippen LogP contribution in [-0.4, -0.2) is 68.1 Å². The molecule has 1 aromatic rings. The molecule has 0 aliphatic carbocycles. The van der Waals surface area contributed by atoms with E-state index in [1.807, 2.05) is 13.0 Å². The number of hydrogen-bond acceptors (Lipinski definition) is 8. The van der Waals surface area contributed by atoms with Crippen LogP contribution in [0.3, 0.4) is 0 Å². The van der Waals surface area contributed by atoms with Crippen LogP contribution in [-0.2, 0) is 30.3 Å². The fraction of sp³-hybridized carbons (Fsp3) is 0.609. The number of allylic oxidation sites excluding steroid dienone is 1. The Bertz CT molecular complexity index is 1030. The van der Waals surface area contributed by atoms with E-state index in [-0.39, 0.29) is 30.4 Å². The summed E-state index contributed by atoms with van der Waals surface area (Å²) in [5, 5.41) is -0.250. The van der Waals surface area contributed by atoms with E-state index in [0.717, 1.165) is 23.7 Å². The molecule has 0 radical (unpaired) electrons. The molecule has 2 saturated heterocycles. The summed E-state index contributed by atoms with van der Waals surface area (Å²) < 4.78 is 84.6. The molecule has 1 aromatic carbocycles. The number of carbonyl (C=O) groups is 1. The van der Waals surface area contributed by atoms with Gasteiger partial charge in [0.05, 0.1) is 25.4 Å². The molecule has 1 amide bonds. The van der Waals surface area contributed by atoms with Crippen molar-refractivity contribution in [3.05, 3.63) is 42.0 Å². The molecule has 2 aliphatic rings. The SMILES string of the molecule is CCCC=C[C@H]1C[C@H](OS(=O)(=O)C(F)(F)F)C[C@](OC)([C@@H]2CSC(=O)N2Cc2ccc(OC)cc2)O1. The average Bonchev–Trinajstić information content (AvgIpc) is 3.19. The highest BCUT2D eigenvalue weighted by Gasteiger charge is 2.56. The number of amides is 1. The molecule has 2 heterocycles. The van der Waals surface area contributed by atoms with Crippen molar-refractivity contribution in [1.29, 1.82) is 0 Å². The first-order chi connectivity index (χ1) is 16.9. The molecule has 0 saturated carbocycles. The van der Waals surface area contributed by atoms with Gasteiger partial charge in [-0.05, 0) is 24.1 Å². The third-order valence-corrected chi connectivity index (χ3v) is 8.11. The number of alkyl halides is 3. The van der Waals surface area contributed by atoms with Crippen molar-refractivity contribution >= 4 is 27.1 Å². The molecule has 4 atom stereocenters. The Morgan fingerprint density at radius 1 is 1.25 bits per heavy atom. The zero-order chi connectivity index (χ0) is 26.6. The number of methoxy groups -OCH3 is 2. The van der Waals surface area contributed by atoms with Gasteiger partial charge in [-0.15, -0.1) is 0 Å². The fourth-order valence-electron chi connectivity index (χ4n) is 4.25. The molecule has 202 valence electrons. The highest BCUT2D eigenvalue weighted by molar-refractivity contribution is 8.13. The molecule has 36 heavy (non-hydrogen) atoms. The Kier molecular flexibility index (Phi) is 9.36. The predicted molar refractivity (Wildman–Crippen MR) is 128 cm³/mol. The number of carbonyl (C=O) groups excluding carboxylic acids is 1. The molecule has 0 bridgehead atoms. The Balaban J connectivity index is 1.91. The zero-order valence-corrected chi connectivity index (χ0v) is 21.8. The number of ether oxygens (including phenoxy) is 3. The van der Waals surface area contributed by atoms with Gasteiger partial charge in [0.2, 0.25) is 0 Å². The van der Waals surface area contributed by atoms with Crippen molar-refractivity contribution in [2.45, 2.75) is 68.7 Å². The zero-order valence-electron chi connectivity index (χ0n) is 20.2. The van der Waals surface area contributed by atoms with E-state index in [0.29, 0.717) is 12.2 Å². The number of nitrogens with zero attached hydrogens (tertiary/aromatic N) is 1. The minimum Gasteiger partial charge on any atom is -0.497 e. The second-order valence-corrected chi connectivity index (χ2v) is 11.1. The van der Waals surface area contributed by atoms with E-state index in [4.69, 9.17) is 14.2 Å². The summed E-state index contributed by atoms with van der Waals surface area (Å²) in [5.74, 6) is -0.696. The van der Waals surface area contributed by atoms with E-state index in [1.54, 1.807) is 30.3 Å². The average molecular weight is 554 g/mol. The summed E-state index contributed by atoms with van der Waals surface area (Å²) in [6, 6.07) is 6.39. The van der Waals surface area contributed by atoms with Crippen molar-refractivity contribution in [2.75, 3.05) is 20.0 Å². The highest BCUT2D eigenvalue weighted by atomic mass is 32.2. The van der Waals surface area contributed by atoms with Crippen LogP contribution in [0.1, 0.15) is 38.2 Å². The van der Waals surface area contributed by atoms with Crippen LogP contribution in [0.5, 0.6) is 5.75 Å². The number of thioether (sulfide) groups is 1. The van der Waals surface area contributed by atoms with Gasteiger partial charge in [-0.2, -0.15) is 21.6 Å². The Morgan fingerprint density at radius 3 is 2.53 bits per heavy atom. The van der Waals surface area contributed by atoms with Gasteiger partial charge in [0.25, 0.3) is 5.24 Å². The summed E-state index contributed by atoms with van der Waals surface area (Å²) in [7, 11) is -2.98. The molecular weight excluding hydrogens is 523 g/mol. The summed E-state index contributed by atoms with van der Waals surface area (Å²) in [6.45, 7) is 2.16. The number of benzene rings is 1. The number of unbranched alkanes of at least 4 members (excludes halogenated alkanes) is 1. The molecule has 0 N–H and O–H groups in total. The van der Waals surface area contributed by atoms with Crippen molar-refractivity contribution in [3.8, 4) is 5.75 Å². The first kappa shape index (κ1) is 28.8. The van der Waals surface area contributed by atoms with Crippen LogP contribution in [0.25, 0.3) is 0 Å². The molecule has 0 unspecified atom stereocenters. The van der Waals surface area contributed by atoms with Gasteiger partial charge >= 0.3 is 15.6 Å². The van der Waals surface area contributed by atoms with Crippen LogP contribution >= 0.6 is 11.8 Å². The topological polar surface area (TPSA) is 91.4 Å². The predicted octanol–water partition coefficient (Wildman–Crippen LogP) is 4.85. The minimum atomic E-state index is -5.84. The summed E-state index contributed by atoms with van der Waals surface area (Å²) >= 11 is 1.03. The summed E-state index contributed by atoms with van der Waals surface area (Å²) in [4.78, 5) is 14.3. The Morgan fingerprint density at radius 2 is 1.94 bits per heavy atom. The lowest BCUT2D eigenvalue weighted by Gasteiger charge is -2.47. The summed E-state index contributed by atoms with van der Waals surface area (Å²) in [6.07, 6.45) is 2.45. The van der Waals surface area contributed by atoms with Gasteiger partial charge in [0.15, 0.2) is 5.79 Å². The minimum absolute atomic E-state index is 0.118. The lowest BCUT2D eigenvalue weighted by atomic mass is 9.92. The van der Waals surface area contributed by atoms with Crippen LogP contribution in [0.2, 0.25) is 0 Å². The van der Waals surface area contributed by atoms with Crippen molar-refractivity contribution < 1.29 is 44.8 Å². The maximum Gasteiger partial charge on any atom is 0.523 e. The van der Waals surface area contributed by atoms with Crippen LogP contribution in [0.4, 0.5) is 18.0 Å². The summed E-state index contributed by atoms with van der Waals surface area (Å²) in [5.41, 5.74) is -4.76. The maximum absolute atomic E-state index is 13.1. The largest absolute Gasteiger partial charge is 0.523 e. The fourth-order valence-corrected chi connectivity index (χ4v) is 5.96. The van der Waals surface area contributed by atoms with E-state index in [1.165, 1.54) is 19.1 Å². The Hall–Kier alpha value is -1.80. The van der Waals surface area contributed by atoms with E-state index in [2.05, 4.69) is 4.18 Å². The van der Waals surface area contributed by atoms with Crippen molar-refractivity contribution in [2.24, 2.45) is 0 Å². The lowest BCUT2D eigenvalue weighted by molar-refractivity contribution is -0.294. The van der Waals surface area contributed by atoms with E-state index >= 15 is 0 Å². The van der Waals surface area contributed by atoms with Gasteiger partial charge < -0.3 is 19.1 Å². The molecule has 8 nitrogen and oxygen atoms in total. The molecule has 2 aliphatic heterocycles. The van der Waals surface area contributed by atoms with Crippen LogP contribution < -0.4 is 4.74 Å². The maximum atomic E-state index is 13.1. The van der Waals surface area contributed by atoms with Gasteiger partial charge in [0.1, 0.15) is 5.75 Å². The monoisotopic (exact) mass is 553 g/mol. The molecule has 0 spiro atoms. The second kappa shape index (κ2) is 11.7. The van der Waals surface area contributed by atoms with Crippen LogP contribution in [0, 0.1) is 0 Å². The third-order valence-electron chi connectivity index (χ3n) is 6.05.